The zero-order chi connectivity index (χ0) is 23.2. The molecule has 7 heteroatoms. The van der Waals surface area contributed by atoms with Crippen LogP contribution in [0.25, 0.3) is 0 Å². The maximum absolute atomic E-state index is 13.1. The number of nitrogen functional groups attached to an aromatic ring is 1. The normalized spacial score (nSPS) is 15.1. The SMILES string of the molecule is Cc1ccc(N)cc1OC[C@@H](O)CN1CCC(c2ccc(Cc3ccc(F)cc3)cc2)CC1.Cl.Cl. The molecule has 3 aromatic rings. The number of hydrogen-bond acceptors (Lipinski definition) is 4. The van der Waals surface area contributed by atoms with Crippen LogP contribution < -0.4 is 10.5 Å². The number of halogens is 3. The van der Waals surface area contributed by atoms with Crippen LogP contribution in [0.1, 0.15) is 41.0 Å². The van der Waals surface area contributed by atoms with Crippen molar-refractivity contribution in [2.75, 3.05) is 32.0 Å². The minimum Gasteiger partial charge on any atom is -0.490 e. The summed E-state index contributed by atoms with van der Waals surface area (Å²) < 4.78 is 18.9. The third kappa shape index (κ3) is 8.39. The van der Waals surface area contributed by atoms with E-state index in [2.05, 4.69) is 29.2 Å². The molecule has 0 unspecified atom stereocenters. The Morgan fingerprint density at radius 1 is 0.971 bits per heavy atom. The summed E-state index contributed by atoms with van der Waals surface area (Å²) in [5, 5.41) is 10.5. The van der Waals surface area contributed by atoms with Crippen molar-refractivity contribution < 1.29 is 14.2 Å². The lowest BCUT2D eigenvalue weighted by atomic mass is 9.88. The highest BCUT2D eigenvalue weighted by molar-refractivity contribution is 5.85. The third-order valence-electron chi connectivity index (χ3n) is 6.47. The van der Waals surface area contributed by atoms with Crippen molar-refractivity contribution in [2.24, 2.45) is 0 Å². The second-order valence-electron chi connectivity index (χ2n) is 9.11. The number of nitrogens with two attached hydrogens (primary N) is 1. The highest BCUT2D eigenvalue weighted by Crippen LogP contribution is 2.29. The molecular formula is C28H35Cl2FN2O2. The van der Waals surface area contributed by atoms with Crippen LogP contribution in [0.15, 0.2) is 66.7 Å². The van der Waals surface area contributed by atoms with Crippen LogP contribution in [0.3, 0.4) is 0 Å². The van der Waals surface area contributed by atoms with E-state index in [9.17, 15) is 9.50 Å². The molecule has 1 saturated heterocycles. The molecule has 0 amide bonds. The Bertz CT molecular complexity index is 1040. The van der Waals surface area contributed by atoms with E-state index < -0.39 is 6.10 Å². The van der Waals surface area contributed by atoms with E-state index in [1.54, 1.807) is 6.07 Å². The molecule has 0 bridgehead atoms. The fourth-order valence-corrected chi connectivity index (χ4v) is 4.50. The molecule has 0 aliphatic carbocycles. The van der Waals surface area contributed by atoms with E-state index in [0.29, 0.717) is 18.2 Å². The van der Waals surface area contributed by atoms with Crippen molar-refractivity contribution >= 4 is 30.5 Å². The molecule has 1 fully saturated rings. The van der Waals surface area contributed by atoms with Crippen molar-refractivity contribution in [1.29, 1.82) is 0 Å². The van der Waals surface area contributed by atoms with Crippen LogP contribution in [0.2, 0.25) is 0 Å². The minimum absolute atomic E-state index is 0. The second-order valence-corrected chi connectivity index (χ2v) is 9.11. The van der Waals surface area contributed by atoms with Crippen molar-refractivity contribution in [2.45, 2.75) is 38.2 Å². The number of anilines is 1. The van der Waals surface area contributed by atoms with Crippen LogP contribution in [-0.2, 0) is 6.42 Å². The Morgan fingerprint density at radius 3 is 2.20 bits per heavy atom. The van der Waals surface area contributed by atoms with Gasteiger partial charge in [0.2, 0.25) is 0 Å². The smallest absolute Gasteiger partial charge is 0.124 e. The fourth-order valence-electron chi connectivity index (χ4n) is 4.50. The van der Waals surface area contributed by atoms with Crippen molar-refractivity contribution in [3.8, 4) is 5.75 Å². The molecule has 0 spiro atoms. The minimum atomic E-state index is -0.534. The molecule has 0 radical (unpaired) electrons. The molecule has 1 aliphatic rings. The first-order valence-corrected chi connectivity index (χ1v) is 11.7. The van der Waals surface area contributed by atoms with Gasteiger partial charge in [-0.05, 0) is 85.6 Å². The number of aryl methyl sites for hydroxylation is 1. The van der Waals surface area contributed by atoms with Gasteiger partial charge in [-0.25, -0.2) is 4.39 Å². The molecule has 1 atom stereocenters. The number of nitrogens with zero attached hydrogens (tertiary/aromatic N) is 1. The molecular weight excluding hydrogens is 486 g/mol. The van der Waals surface area contributed by atoms with Crippen LogP contribution in [0, 0.1) is 12.7 Å². The third-order valence-corrected chi connectivity index (χ3v) is 6.47. The Balaban J connectivity index is 0.00000216. The predicted octanol–water partition coefficient (Wildman–Crippen LogP) is 5.77. The lowest BCUT2D eigenvalue weighted by Gasteiger charge is -2.33. The molecule has 4 nitrogen and oxygen atoms in total. The van der Waals surface area contributed by atoms with Gasteiger partial charge in [0.25, 0.3) is 0 Å². The van der Waals surface area contributed by atoms with Crippen molar-refractivity contribution in [1.82, 2.24) is 4.90 Å². The van der Waals surface area contributed by atoms with Crippen LogP contribution in [0.5, 0.6) is 5.75 Å². The highest BCUT2D eigenvalue weighted by atomic mass is 35.5. The average molecular weight is 522 g/mol. The zero-order valence-electron chi connectivity index (χ0n) is 20.0. The maximum atomic E-state index is 13.1. The number of β-amino-alcohol motifs (C(OH)–C–C–N with tert-alkyl or cyclic N) is 1. The number of likely N-dealkylation sites (tertiary alicyclic amines) is 1. The van der Waals surface area contributed by atoms with Gasteiger partial charge in [-0.2, -0.15) is 0 Å². The van der Waals surface area contributed by atoms with Crippen LogP contribution >= 0.6 is 24.8 Å². The standard InChI is InChI=1S/C28H33FN2O2.2ClH/c1-20-2-11-26(30)17-28(20)33-19-27(32)18-31-14-12-24(13-15-31)23-7-3-21(4-8-23)16-22-5-9-25(29)10-6-22;;/h2-11,17,24,27,32H,12-16,18-19,30H2,1H3;2*1H/t27-;;/m0../s1. The van der Waals surface area contributed by atoms with E-state index in [1.165, 1.54) is 23.3 Å². The Kier molecular flexibility index (Phi) is 11.3. The molecule has 1 heterocycles. The highest BCUT2D eigenvalue weighted by Gasteiger charge is 2.22. The maximum Gasteiger partial charge on any atom is 0.124 e. The number of aliphatic hydroxyl groups is 1. The summed E-state index contributed by atoms with van der Waals surface area (Å²) in [4.78, 5) is 2.32. The predicted molar refractivity (Wildman–Crippen MR) is 146 cm³/mol. The second kappa shape index (κ2) is 13.7. The summed E-state index contributed by atoms with van der Waals surface area (Å²) in [6, 6.07) is 21.1. The van der Waals surface area contributed by atoms with E-state index in [-0.39, 0.29) is 37.2 Å². The van der Waals surface area contributed by atoms with Crippen molar-refractivity contribution in [3.63, 3.8) is 0 Å². The van der Waals surface area contributed by atoms with E-state index in [4.69, 9.17) is 10.5 Å². The quantitative estimate of drug-likeness (QED) is 0.370. The fraction of sp³-hybridized carbons (Fsp3) is 0.357. The van der Waals surface area contributed by atoms with Crippen LogP contribution in [0.4, 0.5) is 10.1 Å². The molecule has 0 aromatic heterocycles. The first kappa shape index (κ1) is 28.9. The van der Waals surface area contributed by atoms with E-state index in [1.807, 2.05) is 31.2 Å². The van der Waals surface area contributed by atoms with Crippen LogP contribution in [-0.4, -0.2) is 42.4 Å². The molecule has 0 saturated carbocycles. The molecule has 1 aliphatic heterocycles. The van der Waals surface area contributed by atoms with Gasteiger partial charge in [-0.3, -0.25) is 0 Å². The van der Waals surface area contributed by atoms with Gasteiger partial charge in [0.1, 0.15) is 24.3 Å². The van der Waals surface area contributed by atoms with E-state index >= 15 is 0 Å². The number of hydrogen-bond donors (Lipinski definition) is 2. The number of ether oxygens (including phenoxy) is 1. The topological polar surface area (TPSA) is 58.7 Å². The molecule has 3 N–H and O–H groups in total. The van der Waals surface area contributed by atoms with Gasteiger partial charge >= 0.3 is 0 Å². The first-order valence-electron chi connectivity index (χ1n) is 11.7. The Hall–Kier alpha value is -2.31. The molecule has 35 heavy (non-hydrogen) atoms. The first-order chi connectivity index (χ1) is 16.0. The molecule has 4 rings (SSSR count). The Labute approximate surface area is 220 Å². The number of rotatable bonds is 8. The van der Waals surface area contributed by atoms with E-state index in [0.717, 1.165) is 49.2 Å². The van der Waals surface area contributed by atoms with Gasteiger partial charge in [0.05, 0.1) is 0 Å². The largest absolute Gasteiger partial charge is 0.490 e. The molecule has 3 aromatic carbocycles. The summed E-state index contributed by atoms with van der Waals surface area (Å²) in [6.45, 7) is 4.79. The summed E-state index contributed by atoms with van der Waals surface area (Å²) in [7, 11) is 0. The zero-order valence-corrected chi connectivity index (χ0v) is 21.7. The van der Waals surface area contributed by atoms with Gasteiger partial charge in [-0.15, -0.1) is 24.8 Å². The average Bonchev–Trinajstić information content (AvgIpc) is 2.82. The lowest BCUT2D eigenvalue weighted by Crippen LogP contribution is -2.40. The lowest BCUT2D eigenvalue weighted by molar-refractivity contribution is 0.0592. The number of piperidine rings is 1. The summed E-state index contributed by atoms with van der Waals surface area (Å²) in [5.74, 6) is 1.08. The van der Waals surface area contributed by atoms with Gasteiger partial charge in [-0.1, -0.05) is 42.5 Å². The monoisotopic (exact) mass is 520 g/mol. The summed E-state index contributed by atoms with van der Waals surface area (Å²) in [5.41, 5.74) is 11.2. The summed E-state index contributed by atoms with van der Waals surface area (Å²) in [6.07, 6.45) is 2.44. The number of benzene rings is 3. The van der Waals surface area contributed by atoms with Crippen molar-refractivity contribution in [3.05, 3.63) is 94.8 Å². The Morgan fingerprint density at radius 2 is 1.57 bits per heavy atom. The molecule has 190 valence electrons. The van der Waals surface area contributed by atoms with Gasteiger partial charge < -0.3 is 20.5 Å². The number of aliphatic hydroxyl groups excluding tert-OH is 1. The van der Waals surface area contributed by atoms with Gasteiger partial charge in [0.15, 0.2) is 0 Å². The summed E-state index contributed by atoms with van der Waals surface area (Å²) >= 11 is 0. The van der Waals surface area contributed by atoms with Gasteiger partial charge in [0, 0.05) is 18.3 Å².